The molecule has 5 heteroatoms. The van der Waals surface area contributed by atoms with E-state index in [-0.39, 0.29) is 5.91 Å². The minimum absolute atomic E-state index is 0.209. The summed E-state index contributed by atoms with van der Waals surface area (Å²) in [7, 11) is 0. The van der Waals surface area contributed by atoms with Gasteiger partial charge in [0.15, 0.2) is 6.10 Å². The summed E-state index contributed by atoms with van der Waals surface area (Å²) in [6.45, 7) is 1.71. The summed E-state index contributed by atoms with van der Waals surface area (Å²) in [5, 5.41) is 3.48. The first-order chi connectivity index (χ1) is 12.1. The highest BCUT2D eigenvalue weighted by Crippen LogP contribution is 2.25. The van der Waals surface area contributed by atoms with Crippen molar-refractivity contribution in [2.24, 2.45) is 0 Å². The molecule has 2 aromatic rings. The van der Waals surface area contributed by atoms with Crippen molar-refractivity contribution >= 4 is 23.2 Å². The van der Waals surface area contributed by atoms with Gasteiger partial charge in [-0.3, -0.25) is 4.79 Å². The maximum atomic E-state index is 12.3. The molecule has 0 radical (unpaired) electrons. The van der Waals surface area contributed by atoms with Gasteiger partial charge in [0.05, 0.1) is 6.10 Å². The molecule has 2 aromatic carbocycles. The number of amides is 1. The van der Waals surface area contributed by atoms with E-state index in [2.05, 4.69) is 5.32 Å². The molecule has 0 saturated heterocycles. The number of carbonyl (C=O) groups is 1. The molecule has 0 bridgehead atoms. The summed E-state index contributed by atoms with van der Waals surface area (Å²) >= 11 is 5.84. The highest BCUT2D eigenvalue weighted by Gasteiger charge is 2.17. The van der Waals surface area contributed by atoms with Crippen LogP contribution in [0.15, 0.2) is 48.5 Å². The van der Waals surface area contributed by atoms with Crippen molar-refractivity contribution in [3.8, 4) is 11.5 Å². The molecule has 1 amide bonds. The van der Waals surface area contributed by atoms with Crippen LogP contribution in [0.4, 0.5) is 5.69 Å². The fourth-order valence-electron chi connectivity index (χ4n) is 2.83. The van der Waals surface area contributed by atoms with E-state index in [4.69, 9.17) is 21.1 Å². The third-order valence-corrected chi connectivity index (χ3v) is 4.47. The Morgan fingerprint density at radius 1 is 1.04 bits per heavy atom. The SMILES string of the molecule is C[C@H](Oc1ccc(Cl)cc1)C(=O)Nc1ccc(OC2CCCC2)cc1. The van der Waals surface area contributed by atoms with Crippen LogP contribution < -0.4 is 14.8 Å². The fraction of sp³-hybridized carbons (Fsp3) is 0.350. The first-order valence-corrected chi connectivity index (χ1v) is 8.98. The maximum absolute atomic E-state index is 12.3. The fourth-order valence-corrected chi connectivity index (χ4v) is 2.96. The normalized spacial score (nSPS) is 15.6. The van der Waals surface area contributed by atoms with Crippen LogP contribution in [-0.2, 0) is 4.79 Å². The second-order valence-electron chi connectivity index (χ2n) is 6.25. The van der Waals surface area contributed by atoms with Crippen LogP contribution in [0.1, 0.15) is 32.6 Å². The second-order valence-corrected chi connectivity index (χ2v) is 6.69. The van der Waals surface area contributed by atoms with Gasteiger partial charge in [0.2, 0.25) is 0 Å². The lowest BCUT2D eigenvalue weighted by Crippen LogP contribution is -2.30. The Kier molecular flexibility index (Phi) is 5.82. The van der Waals surface area contributed by atoms with E-state index in [0.29, 0.717) is 16.9 Å². The van der Waals surface area contributed by atoms with E-state index in [0.717, 1.165) is 24.3 Å². The third kappa shape index (κ3) is 5.13. The van der Waals surface area contributed by atoms with Gasteiger partial charge in [0.25, 0.3) is 5.91 Å². The molecule has 1 fully saturated rings. The monoisotopic (exact) mass is 359 g/mol. The lowest BCUT2D eigenvalue weighted by Gasteiger charge is -2.16. The van der Waals surface area contributed by atoms with Gasteiger partial charge in [-0.1, -0.05) is 11.6 Å². The Morgan fingerprint density at radius 3 is 2.28 bits per heavy atom. The Morgan fingerprint density at radius 2 is 1.64 bits per heavy atom. The van der Waals surface area contributed by atoms with Crippen molar-refractivity contribution in [3.05, 3.63) is 53.6 Å². The van der Waals surface area contributed by atoms with E-state index in [9.17, 15) is 4.79 Å². The smallest absolute Gasteiger partial charge is 0.265 e. The molecule has 0 spiro atoms. The quantitative estimate of drug-likeness (QED) is 0.783. The van der Waals surface area contributed by atoms with Crippen molar-refractivity contribution in [2.45, 2.75) is 44.8 Å². The molecule has 0 aliphatic heterocycles. The van der Waals surface area contributed by atoms with E-state index < -0.39 is 6.10 Å². The molecule has 0 heterocycles. The van der Waals surface area contributed by atoms with Gasteiger partial charge in [-0.25, -0.2) is 0 Å². The van der Waals surface area contributed by atoms with Crippen LogP contribution in [0, 0.1) is 0 Å². The van der Waals surface area contributed by atoms with Crippen LogP contribution in [0.25, 0.3) is 0 Å². The van der Waals surface area contributed by atoms with Gasteiger partial charge in [0, 0.05) is 10.7 Å². The number of hydrogen-bond acceptors (Lipinski definition) is 3. The van der Waals surface area contributed by atoms with Crippen molar-refractivity contribution < 1.29 is 14.3 Å². The molecule has 0 aromatic heterocycles. The van der Waals surface area contributed by atoms with Gasteiger partial charge in [-0.15, -0.1) is 0 Å². The average Bonchev–Trinajstić information content (AvgIpc) is 3.11. The molecule has 0 unspecified atom stereocenters. The number of rotatable bonds is 6. The van der Waals surface area contributed by atoms with E-state index in [1.807, 2.05) is 24.3 Å². The number of halogens is 1. The van der Waals surface area contributed by atoms with Crippen LogP contribution in [0.5, 0.6) is 11.5 Å². The Bertz CT molecular complexity index is 694. The molecule has 1 atom stereocenters. The molecule has 1 aliphatic rings. The zero-order valence-electron chi connectivity index (χ0n) is 14.2. The highest BCUT2D eigenvalue weighted by molar-refractivity contribution is 6.30. The summed E-state index contributed by atoms with van der Waals surface area (Å²) in [6.07, 6.45) is 4.44. The standard InChI is InChI=1S/C20H22ClNO3/c1-14(24-18-10-6-15(21)7-11-18)20(23)22-16-8-12-19(13-9-16)25-17-4-2-3-5-17/h6-14,17H,2-5H2,1H3,(H,22,23)/t14-/m0/s1. The minimum Gasteiger partial charge on any atom is -0.490 e. The highest BCUT2D eigenvalue weighted by atomic mass is 35.5. The number of anilines is 1. The first kappa shape index (κ1) is 17.6. The number of nitrogens with one attached hydrogen (secondary N) is 1. The lowest BCUT2D eigenvalue weighted by molar-refractivity contribution is -0.122. The maximum Gasteiger partial charge on any atom is 0.265 e. The van der Waals surface area contributed by atoms with Gasteiger partial charge in [-0.2, -0.15) is 0 Å². The molecule has 132 valence electrons. The predicted octanol–water partition coefficient (Wildman–Crippen LogP) is 5.07. The molecular weight excluding hydrogens is 338 g/mol. The number of carbonyl (C=O) groups excluding carboxylic acids is 1. The third-order valence-electron chi connectivity index (χ3n) is 4.22. The zero-order valence-corrected chi connectivity index (χ0v) is 15.0. The van der Waals surface area contributed by atoms with Gasteiger partial charge in [0.1, 0.15) is 11.5 Å². The van der Waals surface area contributed by atoms with Crippen molar-refractivity contribution in [1.82, 2.24) is 0 Å². The molecule has 25 heavy (non-hydrogen) atoms. The predicted molar refractivity (Wildman–Crippen MR) is 99.5 cm³/mol. The van der Waals surface area contributed by atoms with Crippen LogP contribution in [0.2, 0.25) is 5.02 Å². The van der Waals surface area contributed by atoms with E-state index in [1.54, 1.807) is 31.2 Å². The Balaban J connectivity index is 1.51. The van der Waals surface area contributed by atoms with Crippen molar-refractivity contribution in [3.63, 3.8) is 0 Å². The number of benzene rings is 2. The molecule has 4 nitrogen and oxygen atoms in total. The van der Waals surface area contributed by atoms with Gasteiger partial charge >= 0.3 is 0 Å². The van der Waals surface area contributed by atoms with Gasteiger partial charge < -0.3 is 14.8 Å². The Labute approximate surface area is 153 Å². The summed E-state index contributed by atoms with van der Waals surface area (Å²) in [5.41, 5.74) is 0.718. The molecule has 1 aliphatic carbocycles. The van der Waals surface area contributed by atoms with E-state index >= 15 is 0 Å². The lowest BCUT2D eigenvalue weighted by atomic mass is 10.2. The van der Waals surface area contributed by atoms with Crippen LogP contribution in [-0.4, -0.2) is 18.1 Å². The molecular formula is C20H22ClNO3. The molecule has 1 N–H and O–H groups in total. The van der Waals surface area contributed by atoms with Crippen molar-refractivity contribution in [2.75, 3.05) is 5.32 Å². The van der Waals surface area contributed by atoms with Gasteiger partial charge in [-0.05, 0) is 81.1 Å². The van der Waals surface area contributed by atoms with Crippen LogP contribution in [0.3, 0.4) is 0 Å². The first-order valence-electron chi connectivity index (χ1n) is 8.60. The largest absolute Gasteiger partial charge is 0.490 e. The topological polar surface area (TPSA) is 47.6 Å². The second kappa shape index (κ2) is 8.26. The minimum atomic E-state index is -0.615. The van der Waals surface area contributed by atoms with E-state index in [1.165, 1.54) is 12.8 Å². The zero-order chi connectivity index (χ0) is 17.6. The number of ether oxygens (including phenoxy) is 2. The summed E-state index contributed by atoms with van der Waals surface area (Å²) in [5.74, 6) is 1.24. The number of hydrogen-bond donors (Lipinski definition) is 1. The Hall–Kier alpha value is -2.20. The summed E-state index contributed by atoms with van der Waals surface area (Å²) in [4.78, 5) is 12.3. The summed E-state index contributed by atoms with van der Waals surface area (Å²) < 4.78 is 11.5. The van der Waals surface area contributed by atoms with Crippen molar-refractivity contribution in [1.29, 1.82) is 0 Å². The molecule has 1 saturated carbocycles. The average molecular weight is 360 g/mol. The summed E-state index contributed by atoms with van der Waals surface area (Å²) in [6, 6.07) is 14.4. The van der Waals surface area contributed by atoms with Crippen LogP contribution >= 0.6 is 11.6 Å². The molecule has 3 rings (SSSR count).